The summed E-state index contributed by atoms with van der Waals surface area (Å²) in [6.07, 6.45) is 5.56. The fraction of sp³-hybridized carbons (Fsp3) is 0.545. The molecule has 0 amide bonds. The van der Waals surface area contributed by atoms with E-state index in [4.69, 9.17) is 10.5 Å². The maximum atomic E-state index is 11.9. The minimum absolute atomic E-state index is 0.0563. The molecule has 2 rings (SSSR count). The third-order valence-electron chi connectivity index (χ3n) is 2.77. The van der Waals surface area contributed by atoms with Crippen molar-refractivity contribution in [1.29, 1.82) is 0 Å². The fourth-order valence-electron chi connectivity index (χ4n) is 1.67. The SMILES string of the molecule is COc1nccnc1C(=O)CC(N)C1CC1. The second kappa shape index (κ2) is 4.57. The summed E-state index contributed by atoms with van der Waals surface area (Å²) >= 11 is 0. The van der Waals surface area contributed by atoms with Gasteiger partial charge in [-0.3, -0.25) is 4.79 Å². The summed E-state index contributed by atoms with van der Waals surface area (Å²) in [5.41, 5.74) is 6.18. The maximum absolute atomic E-state index is 11.9. The predicted molar refractivity (Wildman–Crippen MR) is 58.2 cm³/mol. The highest BCUT2D eigenvalue weighted by Gasteiger charge is 2.31. The van der Waals surface area contributed by atoms with Crippen molar-refractivity contribution in [1.82, 2.24) is 9.97 Å². The molecule has 5 nitrogen and oxygen atoms in total. The molecule has 0 bridgehead atoms. The lowest BCUT2D eigenvalue weighted by Gasteiger charge is -2.09. The lowest BCUT2D eigenvalue weighted by Crippen LogP contribution is -2.26. The van der Waals surface area contributed by atoms with Crippen LogP contribution in [0.4, 0.5) is 0 Å². The van der Waals surface area contributed by atoms with Crippen LogP contribution in [0.1, 0.15) is 29.8 Å². The number of carbonyl (C=O) groups excluding carboxylic acids is 1. The average Bonchev–Trinajstić information content (AvgIpc) is 3.12. The maximum Gasteiger partial charge on any atom is 0.243 e. The van der Waals surface area contributed by atoms with E-state index in [9.17, 15) is 4.79 Å². The Kier molecular flexibility index (Phi) is 3.14. The molecule has 1 atom stereocenters. The molecule has 5 heteroatoms. The molecule has 0 aliphatic heterocycles. The van der Waals surface area contributed by atoms with Crippen molar-refractivity contribution in [3.05, 3.63) is 18.1 Å². The van der Waals surface area contributed by atoms with Crippen molar-refractivity contribution in [3.63, 3.8) is 0 Å². The van der Waals surface area contributed by atoms with Gasteiger partial charge in [-0.2, -0.15) is 0 Å². The van der Waals surface area contributed by atoms with Gasteiger partial charge in [0.05, 0.1) is 7.11 Å². The van der Waals surface area contributed by atoms with E-state index in [-0.39, 0.29) is 23.4 Å². The Balaban J connectivity index is 2.07. The van der Waals surface area contributed by atoms with E-state index in [1.54, 1.807) is 0 Å². The molecule has 1 heterocycles. The Morgan fingerprint density at radius 3 is 2.88 bits per heavy atom. The Hall–Kier alpha value is -1.49. The van der Waals surface area contributed by atoms with Gasteiger partial charge in [0.2, 0.25) is 5.88 Å². The van der Waals surface area contributed by atoms with Crippen LogP contribution in [0.5, 0.6) is 5.88 Å². The number of carbonyl (C=O) groups is 1. The monoisotopic (exact) mass is 221 g/mol. The van der Waals surface area contributed by atoms with Gasteiger partial charge in [-0.1, -0.05) is 0 Å². The normalized spacial score (nSPS) is 16.9. The Morgan fingerprint density at radius 1 is 1.56 bits per heavy atom. The molecule has 1 aromatic rings. The van der Waals surface area contributed by atoms with Crippen LogP contribution in [0.3, 0.4) is 0 Å². The minimum Gasteiger partial charge on any atom is -0.479 e. The molecule has 0 spiro atoms. The molecule has 1 aliphatic rings. The lowest BCUT2D eigenvalue weighted by atomic mass is 10.1. The molecule has 2 N–H and O–H groups in total. The highest BCUT2D eigenvalue weighted by Crippen LogP contribution is 2.33. The minimum atomic E-state index is -0.0932. The van der Waals surface area contributed by atoms with E-state index in [1.165, 1.54) is 19.5 Å². The zero-order valence-electron chi connectivity index (χ0n) is 9.22. The number of ether oxygens (including phenoxy) is 1. The van der Waals surface area contributed by atoms with Crippen LogP contribution >= 0.6 is 0 Å². The number of nitrogens with two attached hydrogens (primary N) is 1. The number of rotatable bonds is 5. The summed E-state index contributed by atoms with van der Waals surface area (Å²) in [7, 11) is 1.47. The summed E-state index contributed by atoms with van der Waals surface area (Å²) < 4.78 is 4.99. The molecular formula is C11H15N3O2. The molecule has 0 aromatic carbocycles. The van der Waals surface area contributed by atoms with Gasteiger partial charge >= 0.3 is 0 Å². The number of aromatic nitrogens is 2. The average molecular weight is 221 g/mol. The van der Waals surface area contributed by atoms with E-state index in [1.807, 2.05) is 0 Å². The molecule has 1 aliphatic carbocycles. The van der Waals surface area contributed by atoms with E-state index < -0.39 is 0 Å². The molecule has 0 saturated heterocycles. The highest BCUT2D eigenvalue weighted by molar-refractivity contribution is 5.96. The fourth-order valence-corrected chi connectivity index (χ4v) is 1.67. The van der Waals surface area contributed by atoms with Crippen molar-refractivity contribution >= 4 is 5.78 Å². The number of methoxy groups -OCH3 is 1. The Morgan fingerprint density at radius 2 is 2.25 bits per heavy atom. The van der Waals surface area contributed by atoms with Crippen LogP contribution in [-0.2, 0) is 0 Å². The van der Waals surface area contributed by atoms with Gasteiger partial charge in [-0.05, 0) is 18.8 Å². The summed E-state index contributed by atoms with van der Waals surface area (Å²) in [5, 5.41) is 0. The molecule has 1 fully saturated rings. The number of hydrogen-bond acceptors (Lipinski definition) is 5. The van der Waals surface area contributed by atoms with Gasteiger partial charge in [0.1, 0.15) is 0 Å². The largest absolute Gasteiger partial charge is 0.479 e. The van der Waals surface area contributed by atoms with Crippen molar-refractivity contribution < 1.29 is 9.53 Å². The van der Waals surface area contributed by atoms with E-state index in [0.29, 0.717) is 12.3 Å². The van der Waals surface area contributed by atoms with Crippen LogP contribution < -0.4 is 10.5 Å². The van der Waals surface area contributed by atoms with Crippen LogP contribution in [0, 0.1) is 5.92 Å². The first kappa shape index (κ1) is 11.0. The van der Waals surface area contributed by atoms with Gasteiger partial charge in [0.15, 0.2) is 11.5 Å². The second-order valence-electron chi connectivity index (χ2n) is 4.04. The first-order valence-corrected chi connectivity index (χ1v) is 5.36. The van der Waals surface area contributed by atoms with Crippen LogP contribution in [0.2, 0.25) is 0 Å². The molecule has 16 heavy (non-hydrogen) atoms. The van der Waals surface area contributed by atoms with Crippen LogP contribution in [0.25, 0.3) is 0 Å². The molecule has 1 aromatic heterocycles. The van der Waals surface area contributed by atoms with Crippen molar-refractivity contribution in [2.75, 3.05) is 7.11 Å². The first-order valence-electron chi connectivity index (χ1n) is 5.36. The van der Waals surface area contributed by atoms with Gasteiger partial charge in [0.25, 0.3) is 0 Å². The Labute approximate surface area is 94.0 Å². The van der Waals surface area contributed by atoms with E-state index in [2.05, 4.69) is 9.97 Å². The van der Waals surface area contributed by atoms with Crippen molar-refractivity contribution in [2.24, 2.45) is 11.7 Å². The standard InChI is InChI=1S/C11H15N3O2/c1-16-11-10(13-4-5-14-11)9(15)6-8(12)7-2-3-7/h4-5,7-8H,2-3,6,12H2,1H3. The zero-order valence-corrected chi connectivity index (χ0v) is 9.22. The topological polar surface area (TPSA) is 78.1 Å². The van der Waals surface area contributed by atoms with Gasteiger partial charge in [-0.15, -0.1) is 0 Å². The van der Waals surface area contributed by atoms with Gasteiger partial charge in [-0.25, -0.2) is 9.97 Å². The smallest absolute Gasteiger partial charge is 0.243 e. The third-order valence-corrected chi connectivity index (χ3v) is 2.77. The summed E-state index contributed by atoms with van der Waals surface area (Å²) in [6, 6.07) is -0.0563. The first-order chi connectivity index (χ1) is 7.72. The van der Waals surface area contributed by atoms with E-state index >= 15 is 0 Å². The lowest BCUT2D eigenvalue weighted by molar-refractivity contribution is 0.0962. The van der Waals surface area contributed by atoms with Gasteiger partial charge in [0, 0.05) is 24.9 Å². The molecular weight excluding hydrogens is 206 g/mol. The van der Waals surface area contributed by atoms with E-state index in [0.717, 1.165) is 12.8 Å². The van der Waals surface area contributed by atoms with Crippen LogP contribution in [0.15, 0.2) is 12.4 Å². The number of Topliss-reactive ketones (excluding diaryl/α,β-unsaturated/α-hetero) is 1. The third kappa shape index (κ3) is 2.36. The quantitative estimate of drug-likeness (QED) is 0.744. The summed E-state index contributed by atoms with van der Waals surface area (Å²) in [5.74, 6) is 0.687. The molecule has 86 valence electrons. The zero-order chi connectivity index (χ0) is 11.5. The number of nitrogens with zero attached hydrogens (tertiary/aromatic N) is 2. The summed E-state index contributed by atoms with van der Waals surface area (Å²) in [4.78, 5) is 19.8. The summed E-state index contributed by atoms with van der Waals surface area (Å²) in [6.45, 7) is 0. The molecule has 1 saturated carbocycles. The molecule has 0 radical (unpaired) electrons. The predicted octanol–water partition coefficient (Wildman–Crippen LogP) is 0.795. The van der Waals surface area contributed by atoms with Gasteiger partial charge < -0.3 is 10.5 Å². The molecule has 1 unspecified atom stereocenters. The number of ketones is 1. The number of hydrogen-bond donors (Lipinski definition) is 1. The second-order valence-corrected chi connectivity index (χ2v) is 4.04. The Bertz CT molecular complexity index is 391. The van der Waals surface area contributed by atoms with Crippen molar-refractivity contribution in [2.45, 2.75) is 25.3 Å². The van der Waals surface area contributed by atoms with Crippen LogP contribution in [-0.4, -0.2) is 28.9 Å². The van der Waals surface area contributed by atoms with Crippen molar-refractivity contribution in [3.8, 4) is 5.88 Å². The highest BCUT2D eigenvalue weighted by atomic mass is 16.5.